The zero-order valence-electron chi connectivity index (χ0n) is 10.3. The van der Waals surface area contributed by atoms with Gasteiger partial charge < -0.3 is 15.0 Å². The summed E-state index contributed by atoms with van der Waals surface area (Å²) in [5, 5.41) is 0.487. The second kappa shape index (κ2) is 4.48. The molecule has 4 nitrogen and oxygen atoms in total. The highest BCUT2D eigenvalue weighted by atomic mass is 35.5. The normalized spacial score (nSPS) is 10.8. The van der Waals surface area contributed by atoms with Crippen LogP contribution in [0, 0.1) is 0 Å². The van der Waals surface area contributed by atoms with Crippen LogP contribution >= 0.6 is 11.6 Å². The van der Waals surface area contributed by atoms with E-state index in [2.05, 4.69) is 4.98 Å². The lowest BCUT2D eigenvalue weighted by Gasteiger charge is -2.08. The molecule has 96 valence electrons. The number of benzene rings is 2. The summed E-state index contributed by atoms with van der Waals surface area (Å²) in [6, 6.07) is 10.9. The fraction of sp³-hybridized carbons (Fsp3) is 0.0714. The van der Waals surface area contributed by atoms with Crippen molar-refractivity contribution >= 4 is 28.3 Å². The molecule has 0 spiro atoms. The molecular weight excluding hydrogens is 262 g/mol. The van der Waals surface area contributed by atoms with Crippen molar-refractivity contribution in [3.63, 3.8) is 0 Å². The highest BCUT2D eigenvalue weighted by molar-refractivity contribution is 6.32. The SMILES string of the molecule is Cn1cnc2cc(Oc3ccc(N)cc3Cl)ccc21. The number of nitrogens with two attached hydrogens (primary N) is 1. The van der Waals surface area contributed by atoms with Crippen LogP contribution in [0.15, 0.2) is 42.7 Å². The maximum atomic E-state index is 6.08. The van der Waals surface area contributed by atoms with Crippen molar-refractivity contribution in [3.8, 4) is 11.5 Å². The first kappa shape index (κ1) is 11.9. The minimum atomic E-state index is 0.487. The molecule has 0 amide bonds. The molecule has 1 heterocycles. The number of halogens is 1. The molecule has 0 aliphatic carbocycles. The van der Waals surface area contributed by atoms with Gasteiger partial charge in [-0.2, -0.15) is 0 Å². The van der Waals surface area contributed by atoms with E-state index in [9.17, 15) is 0 Å². The number of nitrogens with zero attached hydrogens (tertiary/aromatic N) is 2. The summed E-state index contributed by atoms with van der Waals surface area (Å²) in [5.74, 6) is 1.27. The molecule has 0 saturated heterocycles. The van der Waals surface area contributed by atoms with Crippen LogP contribution in [0.5, 0.6) is 11.5 Å². The second-order valence-electron chi connectivity index (χ2n) is 4.30. The van der Waals surface area contributed by atoms with Crippen LogP contribution in [0.3, 0.4) is 0 Å². The van der Waals surface area contributed by atoms with Gasteiger partial charge in [0.2, 0.25) is 0 Å². The fourth-order valence-electron chi connectivity index (χ4n) is 1.91. The Morgan fingerprint density at radius 1 is 1.21 bits per heavy atom. The Hall–Kier alpha value is -2.20. The molecule has 3 rings (SSSR count). The Balaban J connectivity index is 1.96. The molecule has 5 heteroatoms. The van der Waals surface area contributed by atoms with Crippen molar-refractivity contribution < 1.29 is 4.74 Å². The lowest BCUT2D eigenvalue weighted by Crippen LogP contribution is -1.89. The predicted molar refractivity (Wildman–Crippen MR) is 76.7 cm³/mol. The largest absolute Gasteiger partial charge is 0.456 e. The summed E-state index contributed by atoms with van der Waals surface area (Å²) in [6.07, 6.45) is 1.77. The molecule has 3 aromatic rings. The van der Waals surface area contributed by atoms with Gasteiger partial charge in [-0.3, -0.25) is 0 Å². The fourth-order valence-corrected chi connectivity index (χ4v) is 2.13. The third-order valence-corrected chi connectivity index (χ3v) is 3.18. The van der Waals surface area contributed by atoms with Crippen LogP contribution < -0.4 is 10.5 Å². The summed E-state index contributed by atoms with van der Waals surface area (Å²) in [7, 11) is 1.95. The third kappa shape index (κ3) is 2.22. The summed E-state index contributed by atoms with van der Waals surface area (Å²) < 4.78 is 7.70. The lowest BCUT2D eigenvalue weighted by molar-refractivity contribution is 0.483. The van der Waals surface area contributed by atoms with Crippen molar-refractivity contribution in [1.82, 2.24) is 9.55 Å². The molecule has 0 atom stereocenters. The third-order valence-electron chi connectivity index (χ3n) is 2.88. The lowest BCUT2D eigenvalue weighted by atomic mass is 10.3. The molecule has 2 aromatic carbocycles. The van der Waals surface area contributed by atoms with Gasteiger partial charge in [-0.1, -0.05) is 11.6 Å². The molecule has 0 radical (unpaired) electrons. The van der Waals surface area contributed by atoms with Gasteiger partial charge in [-0.15, -0.1) is 0 Å². The smallest absolute Gasteiger partial charge is 0.146 e. The van der Waals surface area contributed by atoms with E-state index in [0.29, 0.717) is 22.2 Å². The Bertz CT molecular complexity index is 752. The Labute approximate surface area is 115 Å². The zero-order chi connectivity index (χ0) is 13.4. The number of imidazole rings is 1. The molecule has 0 aliphatic rings. The van der Waals surface area contributed by atoms with Crippen LogP contribution in [0.2, 0.25) is 5.02 Å². The van der Waals surface area contributed by atoms with E-state index in [-0.39, 0.29) is 0 Å². The van der Waals surface area contributed by atoms with Gasteiger partial charge in [0.15, 0.2) is 0 Å². The number of hydrogen-bond donors (Lipinski definition) is 1. The quantitative estimate of drug-likeness (QED) is 0.726. The molecular formula is C14H12ClN3O. The first-order valence-corrected chi connectivity index (χ1v) is 6.15. The van der Waals surface area contributed by atoms with E-state index in [0.717, 1.165) is 11.0 Å². The molecule has 0 aliphatic heterocycles. The van der Waals surface area contributed by atoms with Gasteiger partial charge in [0.05, 0.1) is 22.4 Å². The Morgan fingerprint density at radius 3 is 2.84 bits per heavy atom. The summed E-state index contributed by atoms with van der Waals surface area (Å²) in [5.41, 5.74) is 8.19. The number of nitrogen functional groups attached to an aromatic ring is 1. The number of aryl methyl sites for hydroxylation is 1. The zero-order valence-corrected chi connectivity index (χ0v) is 11.1. The standard InChI is InChI=1S/C14H12ClN3O/c1-18-8-17-12-7-10(3-4-13(12)18)19-14-5-2-9(16)6-11(14)15/h2-8H,16H2,1H3. The minimum absolute atomic E-state index is 0.487. The Kier molecular flexibility index (Phi) is 2.80. The van der Waals surface area contributed by atoms with E-state index in [1.165, 1.54) is 0 Å². The van der Waals surface area contributed by atoms with Crippen LogP contribution in [-0.4, -0.2) is 9.55 Å². The van der Waals surface area contributed by atoms with Gasteiger partial charge in [-0.05, 0) is 30.3 Å². The van der Waals surface area contributed by atoms with Gasteiger partial charge in [-0.25, -0.2) is 4.98 Å². The molecule has 0 saturated carbocycles. The minimum Gasteiger partial charge on any atom is -0.456 e. The number of fused-ring (bicyclic) bond motifs is 1. The van der Waals surface area contributed by atoms with E-state index < -0.39 is 0 Å². The van der Waals surface area contributed by atoms with E-state index >= 15 is 0 Å². The predicted octanol–water partition coefficient (Wildman–Crippen LogP) is 3.60. The van der Waals surface area contributed by atoms with Gasteiger partial charge in [0, 0.05) is 18.8 Å². The molecule has 0 bridgehead atoms. The van der Waals surface area contributed by atoms with Crippen LogP contribution in [0.25, 0.3) is 11.0 Å². The molecule has 1 aromatic heterocycles. The number of aromatic nitrogens is 2. The highest BCUT2D eigenvalue weighted by Crippen LogP contribution is 2.31. The maximum Gasteiger partial charge on any atom is 0.146 e. The number of rotatable bonds is 2. The first-order chi connectivity index (χ1) is 9.13. The number of hydrogen-bond acceptors (Lipinski definition) is 3. The van der Waals surface area contributed by atoms with Crippen molar-refractivity contribution in [2.75, 3.05) is 5.73 Å². The van der Waals surface area contributed by atoms with E-state index in [4.69, 9.17) is 22.1 Å². The second-order valence-corrected chi connectivity index (χ2v) is 4.71. The van der Waals surface area contributed by atoms with E-state index in [1.807, 2.05) is 29.8 Å². The average Bonchev–Trinajstić information content (AvgIpc) is 2.74. The van der Waals surface area contributed by atoms with Crippen molar-refractivity contribution in [2.24, 2.45) is 7.05 Å². The van der Waals surface area contributed by atoms with Crippen molar-refractivity contribution in [3.05, 3.63) is 47.7 Å². The number of anilines is 1. The topological polar surface area (TPSA) is 53.1 Å². The maximum absolute atomic E-state index is 6.08. The van der Waals surface area contributed by atoms with Gasteiger partial charge in [0.1, 0.15) is 11.5 Å². The van der Waals surface area contributed by atoms with Crippen molar-refractivity contribution in [1.29, 1.82) is 0 Å². The molecule has 0 fully saturated rings. The summed E-state index contributed by atoms with van der Waals surface area (Å²) in [4.78, 5) is 4.29. The van der Waals surface area contributed by atoms with Crippen molar-refractivity contribution in [2.45, 2.75) is 0 Å². The summed E-state index contributed by atoms with van der Waals surface area (Å²) >= 11 is 6.08. The molecule has 2 N–H and O–H groups in total. The van der Waals surface area contributed by atoms with E-state index in [1.54, 1.807) is 24.5 Å². The van der Waals surface area contributed by atoms with Gasteiger partial charge >= 0.3 is 0 Å². The highest BCUT2D eigenvalue weighted by Gasteiger charge is 2.06. The monoisotopic (exact) mass is 273 g/mol. The Morgan fingerprint density at radius 2 is 2.05 bits per heavy atom. The number of ether oxygens (including phenoxy) is 1. The molecule has 19 heavy (non-hydrogen) atoms. The van der Waals surface area contributed by atoms with Gasteiger partial charge in [0.25, 0.3) is 0 Å². The van der Waals surface area contributed by atoms with Crippen LogP contribution in [0.1, 0.15) is 0 Å². The first-order valence-electron chi connectivity index (χ1n) is 5.77. The average molecular weight is 274 g/mol. The summed E-state index contributed by atoms with van der Waals surface area (Å²) in [6.45, 7) is 0. The molecule has 0 unspecified atom stereocenters. The van der Waals surface area contributed by atoms with Crippen LogP contribution in [-0.2, 0) is 7.05 Å². The van der Waals surface area contributed by atoms with Crippen LogP contribution in [0.4, 0.5) is 5.69 Å².